The van der Waals surface area contributed by atoms with Crippen LogP contribution in [0.15, 0.2) is 66.7 Å². The Kier molecular flexibility index (Phi) is 5.60. The molecule has 5 rings (SSSR count). The highest BCUT2D eigenvalue weighted by Gasteiger charge is 2.35. The molecule has 2 heterocycles. The van der Waals surface area contributed by atoms with Crippen LogP contribution in [-0.4, -0.2) is 36.7 Å². The highest BCUT2D eigenvalue weighted by atomic mass is 35.5. The highest BCUT2D eigenvalue weighted by molar-refractivity contribution is 6.30. The second kappa shape index (κ2) is 8.71. The largest absolute Gasteiger partial charge is 0.497 e. The van der Waals surface area contributed by atoms with Gasteiger partial charge in [0.1, 0.15) is 23.3 Å². The summed E-state index contributed by atoms with van der Waals surface area (Å²) < 4.78 is 16.5. The molecule has 0 saturated heterocycles. The van der Waals surface area contributed by atoms with E-state index in [1.807, 2.05) is 42.5 Å². The summed E-state index contributed by atoms with van der Waals surface area (Å²) in [5.74, 6) is 2.01. The van der Waals surface area contributed by atoms with Crippen molar-refractivity contribution in [3.8, 4) is 17.2 Å². The molecule has 0 radical (unpaired) electrons. The molecule has 1 unspecified atom stereocenters. The minimum absolute atomic E-state index is 0.335. The van der Waals surface area contributed by atoms with Crippen molar-refractivity contribution in [1.29, 1.82) is 0 Å². The van der Waals surface area contributed by atoms with Crippen LogP contribution in [0.25, 0.3) is 10.9 Å². The Balaban J connectivity index is 1.57. The van der Waals surface area contributed by atoms with E-state index in [1.165, 1.54) is 5.56 Å². The lowest BCUT2D eigenvalue weighted by molar-refractivity contribution is 0.135. The van der Waals surface area contributed by atoms with Crippen molar-refractivity contribution in [2.24, 2.45) is 0 Å². The van der Waals surface area contributed by atoms with Crippen LogP contribution in [0.4, 0.5) is 4.79 Å². The van der Waals surface area contributed by atoms with Crippen molar-refractivity contribution in [2.45, 2.75) is 12.5 Å². The van der Waals surface area contributed by atoms with Crippen LogP contribution in [0.1, 0.15) is 22.9 Å². The van der Waals surface area contributed by atoms with Gasteiger partial charge in [0.15, 0.2) is 0 Å². The van der Waals surface area contributed by atoms with Crippen molar-refractivity contribution in [1.82, 2.24) is 9.88 Å². The maximum absolute atomic E-state index is 13.3. The number of methoxy groups -OCH3 is 2. The van der Waals surface area contributed by atoms with Gasteiger partial charge in [0.05, 0.1) is 14.2 Å². The monoisotopic (exact) mass is 462 g/mol. The van der Waals surface area contributed by atoms with E-state index in [0.717, 1.165) is 33.7 Å². The molecule has 0 saturated carbocycles. The first-order valence-electron chi connectivity index (χ1n) is 10.6. The van der Waals surface area contributed by atoms with E-state index >= 15 is 0 Å². The topological polar surface area (TPSA) is 63.8 Å². The zero-order chi connectivity index (χ0) is 22.9. The Hall–Kier alpha value is -3.64. The summed E-state index contributed by atoms with van der Waals surface area (Å²) >= 11 is 5.97. The number of fused-ring (bicyclic) bond motifs is 3. The van der Waals surface area contributed by atoms with Gasteiger partial charge in [-0.3, -0.25) is 4.90 Å². The van der Waals surface area contributed by atoms with Gasteiger partial charge in [0.25, 0.3) is 0 Å². The van der Waals surface area contributed by atoms with Crippen molar-refractivity contribution in [2.75, 3.05) is 20.8 Å². The standard InChI is InChI=1S/C26H23ClN2O4/c1-31-18-7-3-16(4-8-18)25-24-21(22-15-20(32-2)11-12-23(22)28-24)13-14-29(25)26(30)33-19-9-5-17(27)6-10-19/h3-12,15,25,28H,13-14H2,1-2H3. The van der Waals surface area contributed by atoms with Crippen molar-refractivity contribution in [3.63, 3.8) is 0 Å². The van der Waals surface area contributed by atoms with Gasteiger partial charge in [-0.05, 0) is 72.1 Å². The van der Waals surface area contributed by atoms with Crippen molar-refractivity contribution < 1.29 is 19.0 Å². The number of amides is 1. The molecular formula is C26H23ClN2O4. The average Bonchev–Trinajstić information content (AvgIpc) is 3.22. The molecule has 1 atom stereocenters. The van der Waals surface area contributed by atoms with Crippen LogP contribution in [0.2, 0.25) is 5.02 Å². The lowest BCUT2D eigenvalue weighted by atomic mass is 9.92. The molecule has 1 amide bonds. The molecule has 0 fully saturated rings. The molecule has 1 N–H and O–H groups in total. The number of carbonyl (C=O) groups excluding carboxylic acids is 1. The summed E-state index contributed by atoms with van der Waals surface area (Å²) in [7, 11) is 3.30. The van der Waals surface area contributed by atoms with Gasteiger partial charge in [-0.15, -0.1) is 0 Å². The molecule has 0 spiro atoms. The lowest BCUT2D eigenvalue weighted by Gasteiger charge is -2.35. The lowest BCUT2D eigenvalue weighted by Crippen LogP contribution is -2.42. The van der Waals surface area contributed by atoms with Crippen molar-refractivity contribution in [3.05, 3.63) is 88.6 Å². The van der Waals surface area contributed by atoms with Crippen LogP contribution >= 0.6 is 11.6 Å². The predicted octanol–water partition coefficient (Wildman–Crippen LogP) is 5.99. The summed E-state index contributed by atoms with van der Waals surface area (Å²) in [6, 6.07) is 20.2. The third-order valence-electron chi connectivity index (χ3n) is 6.02. The molecular weight excluding hydrogens is 440 g/mol. The number of benzene rings is 3. The van der Waals surface area contributed by atoms with Crippen LogP contribution in [0.5, 0.6) is 17.2 Å². The number of rotatable bonds is 4. The maximum atomic E-state index is 13.3. The first-order valence-corrected chi connectivity index (χ1v) is 11.0. The second-order valence-corrected chi connectivity index (χ2v) is 8.31. The first kappa shape index (κ1) is 21.2. The molecule has 1 aliphatic rings. The van der Waals surface area contributed by atoms with Gasteiger partial charge in [-0.1, -0.05) is 23.7 Å². The van der Waals surface area contributed by atoms with Crippen molar-refractivity contribution >= 4 is 28.6 Å². The van der Waals surface area contributed by atoms with E-state index in [2.05, 4.69) is 4.98 Å². The second-order valence-electron chi connectivity index (χ2n) is 7.87. The number of aromatic nitrogens is 1. The molecule has 7 heteroatoms. The van der Waals surface area contributed by atoms with E-state index < -0.39 is 6.09 Å². The van der Waals surface area contributed by atoms with E-state index in [-0.39, 0.29) is 6.04 Å². The van der Waals surface area contributed by atoms with E-state index in [4.69, 9.17) is 25.8 Å². The fourth-order valence-corrected chi connectivity index (χ4v) is 4.51. The predicted molar refractivity (Wildman–Crippen MR) is 128 cm³/mol. The number of hydrogen-bond acceptors (Lipinski definition) is 4. The molecule has 0 aliphatic carbocycles. The number of H-pyrrole nitrogens is 1. The summed E-state index contributed by atoms with van der Waals surface area (Å²) in [6.07, 6.45) is 0.283. The molecule has 3 aromatic carbocycles. The zero-order valence-electron chi connectivity index (χ0n) is 18.3. The Morgan fingerprint density at radius 3 is 2.30 bits per heavy atom. The number of nitrogens with one attached hydrogen (secondary N) is 1. The molecule has 1 aliphatic heterocycles. The van der Waals surface area contributed by atoms with Gasteiger partial charge in [0.2, 0.25) is 0 Å². The number of nitrogens with zero attached hydrogens (tertiary/aromatic N) is 1. The average molecular weight is 463 g/mol. The van der Waals surface area contributed by atoms with E-state index in [1.54, 1.807) is 43.4 Å². The third-order valence-corrected chi connectivity index (χ3v) is 6.27. The summed E-state index contributed by atoms with van der Waals surface area (Å²) in [5.41, 5.74) is 4.12. The third kappa shape index (κ3) is 3.98. The van der Waals surface area contributed by atoms with Gasteiger partial charge in [-0.2, -0.15) is 0 Å². The van der Waals surface area contributed by atoms with Gasteiger partial charge in [-0.25, -0.2) is 4.79 Å². The van der Waals surface area contributed by atoms with Gasteiger partial charge >= 0.3 is 6.09 Å². The SMILES string of the molecule is COc1ccc(C2c3[nH]c4ccc(OC)cc4c3CCN2C(=O)Oc2ccc(Cl)cc2)cc1. The summed E-state index contributed by atoms with van der Waals surface area (Å²) in [6.45, 7) is 0.514. The first-order chi connectivity index (χ1) is 16.1. The minimum Gasteiger partial charge on any atom is -0.497 e. The Bertz CT molecular complexity index is 1300. The van der Waals surface area contributed by atoms with Crippen LogP contribution in [0, 0.1) is 0 Å². The number of hydrogen-bond donors (Lipinski definition) is 1. The number of aromatic amines is 1. The normalized spacial score (nSPS) is 15.2. The number of halogens is 1. The van der Waals surface area contributed by atoms with E-state index in [0.29, 0.717) is 23.7 Å². The van der Waals surface area contributed by atoms with Gasteiger partial charge in [0, 0.05) is 28.2 Å². The molecule has 6 nitrogen and oxygen atoms in total. The maximum Gasteiger partial charge on any atom is 0.416 e. The fourth-order valence-electron chi connectivity index (χ4n) is 4.39. The molecule has 1 aromatic heterocycles. The fraction of sp³-hybridized carbons (Fsp3) is 0.192. The smallest absolute Gasteiger partial charge is 0.416 e. The Morgan fingerprint density at radius 1 is 0.939 bits per heavy atom. The molecule has 33 heavy (non-hydrogen) atoms. The molecule has 4 aromatic rings. The van der Waals surface area contributed by atoms with Crippen LogP contribution in [0.3, 0.4) is 0 Å². The highest BCUT2D eigenvalue weighted by Crippen LogP contribution is 2.40. The minimum atomic E-state index is -0.417. The van der Waals surface area contributed by atoms with E-state index in [9.17, 15) is 4.79 Å². The van der Waals surface area contributed by atoms with Gasteiger partial charge < -0.3 is 19.2 Å². The van der Waals surface area contributed by atoms with Crippen LogP contribution < -0.4 is 14.2 Å². The Labute approximate surface area is 196 Å². The van der Waals surface area contributed by atoms with Crippen LogP contribution in [-0.2, 0) is 6.42 Å². The Morgan fingerprint density at radius 2 is 1.61 bits per heavy atom. The summed E-state index contributed by atoms with van der Waals surface area (Å²) in [5, 5.41) is 1.69. The molecule has 0 bridgehead atoms. The summed E-state index contributed by atoms with van der Waals surface area (Å²) in [4.78, 5) is 18.6. The zero-order valence-corrected chi connectivity index (χ0v) is 19.1. The number of carbonyl (C=O) groups is 1. The number of ether oxygens (including phenoxy) is 3. The quantitative estimate of drug-likeness (QED) is 0.405. The molecule has 168 valence electrons.